The van der Waals surface area contributed by atoms with Crippen LogP contribution in [0.2, 0.25) is 0 Å². The molecule has 6 rings (SSSR count). The average Bonchev–Trinajstić information content (AvgIpc) is 3.98. The van der Waals surface area contributed by atoms with Crippen LogP contribution >= 0.6 is 23.6 Å². The van der Waals surface area contributed by atoms with Crippen molar-refractivity contribution in [2.24, 2.45) is 0 Å². The average molecular weight is 970 g/mol. The number of pyridine rings is 4. The van der Waals surface area contributed by atoms with Gasteiger partial charge in [-0.2, -0.15) is 5.16 Å². The van der Waals surface area contributed by atoms with E-state index in [0.717, 1.165) is 29.1 Å². The van der Waals surface area contributed by atoms with Crippen molar-refractivity contribution in [2.45, 2.75) is 65.2 Å². The van der Waals surface area contributed by atoms with E-state index < -0.39 is 0 Å². The summed E-state index contributed by atoms with van der Waals surface area (Å²) in [6, 6.07) is 17.0. The SMILES string of the molecule is CCCCCCc1ccsc1-c1ccnc(-c2nc(C(C)(C)C)n[n-]2)c1.O=CO/C=C/c1ccnc(-c2cc(/C=C/OC=O)cc(-c3cc(/C=C/OC=O)ccn3)n2)c1.[N-]=C=S.[Ru+2]. The van der Waals surface area contributed by atoms with Gasteiger partial charge in [-0.3, -0.25) is 34.4 Å². The fourth-order valence-electron chi connectivity index (χ4n) is 5.63. The molecular weight excluding hydrogens is 926 g/mol. The molecule has 0 aliphatic heterocycles. The molecule has 0 fully saturated rings. The normalized spacial score (nSPS) is 10.8. The van der Waals surface area contributed by atoms with Crippen molar-refractivity contribution >= 4 is 66.4 Å². The fraction of sp³-hybridized carbons (Fsp3) is 0.217. The molecule has 0 atom stereocenters. The molecule has 6 aromatic rings. The Balaban J connectivity index is 0.000000318. The predicted molar refractivity (Wildman–Crippen MR) is 244 cm³/mol. The van der Waals surface area contributed by atoms with Crippen molar-refractivity contribution in [3.63, 3.8) is 0 Å². The van der Waals surface area contributed by atoms with Gasteiger partial charge in [0.25, 0.3) is 19.4 Å². The smallest absolute Gasteiger partial charge is 0.753 e. The Kier molecular flexibility index (Phi) is 22.1. The summed E-state index contributed by atoms with van der Waals surface area (Å²) in [6.45, 7) is 9.49. The summed E-state index contributed by atoms with van der Waals surface area (Å²) in [7, 11) is 0. The van der Waals surface area contributed by atoms with Crippen LogP contribution in [0.5, 0.6) is 0 Å². The van der Waals surface area contributed by atoms with E-state index in [0.29, 0.717) is 53.6 Å². The molecule has 0 aromatic carbocycles. The Hall–Kier alpha value is -6.51. The second-order valence-electron chi connectivity index (χ2n) is 14.0. The van der Waals surface area contributed by atoms with E-state index in [4.69, 9.17) is 5.41 Å². The molecule has 0 bridgehead atoms. The second-order valence-corrected chi connectivity index (χ2v) is 15.1. The topological polar surface area (TPSA) is 193 Å². The van der Waals surface area contributed by atoms with Crippen LogP contribution in [0.4, 0.5) is 0 Å². The zero-order valence-electron chi connectivity index (χ0n) is 34.9. The number of hydrogen-bond acceptors (Lipinski definition) is 14. The number of thiocarbonyl (C=S) groups is 1. The van der Waals surface area contributed by atoms with E-state index in [1.807, 2.05) is 6.20 Å². The number of aromatic nitrogens is 7. The largest absolute Gasteiger partial charge is 2.00 e. The summed E-state index contributed by atoms with van der Waals surface area (Å²) in [5, 5.41) is 19.1. The van der Waals surface area contributed by atoms with Gasteiger partial charge in [-0.15, -0.1) is 11.3 Å². The van der Waals surface area contributed by atoms with Crippen LogP contribution in [0.15, 0.2) is 97.4 Å². The molecule has 0 radical (unpaired) electrons. The van der Waals surface area contributed by atoms with Gasteiger partial charge < -0.3 is 29.7 Å². The molecule has 6 heterocycles. The first-order valence-electron chi connectivity index (χ1n) is 19.3. The van der Waals surface area contributed by atoms with Gasteiger partial charge in [0.05, 0.1) is 47.3 Å². The molecule has 63 heavy (non-hydrogen) atoms. The molecule has 0 saturated heterocycles. The molecule has 14 nitrogen and oxygen atoms in total. The Morgan fingerprint density at radius 3 is 1.76 bits per heavy atom. The van der Waals surface area contributed by atoms with Crippen molar-refractivity contribution in [1.29, 1.82) is 0 Å². The molecule has 324 valence electrons. The summed E-state index contributed by atoms with van der Waals surface area (Å²) in [5.74, 6) is 1.37. The minimum absolute atomic E-state index is 0. The number of ether oxygens (including phenoxy) is 3. The van der Waals surface area contributed by atoms with Crippen LogP contribution < -0.4 is 5.10 Å². The summed E-state index contributed by atoms with van der Waals surface area (Å²) in [6.07, 6.45) is 19.9. The summed E-state index contributed by atoms with van der Waals surface area (Å²) in [4.78, 5) is 55.0. The Morgan fingerprint density at radius 1 is 0.714 bits per heavy atom. The van der Waals surface area contributed by atoms with Gasteiger partial charge in [-0.25, -0.2) is 4.98 Å². The number of hydrogen-bond donors (Lipinski definition) is 0. The fourth-order valence-corrected chi connectivity index (χ4v) is 6.58. The monoisotopic (exact) mass is 970 g/mol. The zero-order valence-corrected chi connectivity index (χ0v) is 38.3. The van der Waals surface area contributed by atoms with Gasteiger partial charge in [-0.05, 0) is 125 Å². The third kappa shape index (κ3) is 16.7. The third-order valence-electron chi connectivity index (χ3n) is 8.54. The standard InChI is InChI=1S/C24H17N3O6.C21H27N4S.CNS.Ru/c28-15-31-8-3-18-1-6-25-21(11-18)23-13-20(5-10-33-17-30)14-24(27-23)22-12-19(2-7-26-22)4-9-32-16-29;1-5-6-7-8-9-15-11-13-26-18(15)16-10-12-22-17(14-16)19-23-20(25-24-19)21(2,3)4;2-1-3;/h1-17H;10-14H,5-9H2,1-4H3;;/q;2*-1;+2/b8-3+,9-4+,10-5+;;;. The van der Waals surface area contributed by atoms with Crippen LogP contribution in [-0.2, 0) is 59.9 Å². The maximum absolute atomic E-state index is 10.5. The molecule has 0 aliphatic rings. The number of rotatable bonds is 18. The number of carbonyl (C=O) groups is 3. The van der Waals surface area contributed by atoms with Crippen molar-refractivity contribution < 1.29 is 48.1 Å². The number of thiophene rings is 1. The Morgan fingerprint density at radius 2 is 1.24 bits per heavy atom. The van der Waals surface area contributed by atoms with Gasteiger partial charge in [0.1, 0.15) is 0 Å². The number of aryl methyl sites for hydroxylation is 1. The Bertz CT molecular complexity index is 2430. The maximum atomic E-state index is 10.5. The van der Waals surface area contributed by atoms with Crippen molar-refractivity contribution in [1.82, 2.24) is 35.1 Å². The first kappa shape index (κ1) is 50.8. The van der Waals surface area contributed by atoms with E-state index in [9.17, 15) is 14.4 Å². The van der Waals surface area contributed by atoms with E-state index in [-0.39, 0.29) is 24.9 Å². The summed E-state index contributed by atoms with van der Waals surface area (Å²) in [5.41, 5.74) is 7.69. The number of nitrogens with zero attached hydrogens (tertiary/aromatic N) is 8. The predicted octanol–water partition coefficient (Wildman–Crippen LogP) is 9.94. The second kappa shape index (κ2) is 27.4. The van der Waals surface area contributed by atoms with Crippen LogP contribution in [0.3, 0.4) is 0 Å². The van der Waals surface area contributed by atoms with E-state index in [1.165, 1.54) is 65.6 Å². The van der Waals surface area contributed by atoms with Crippen molar-refractivity contribution in [3.05, 3.63) is 131 Å². The molecule has 6 aromatic heterocycles. The van der Waals surface area contributed by atoms with Gasteiger partial charge in [0.15, 0.2) is 0 Å². The molecule has 0 aliphatic carbocycles. The molecule has 17 heteroatoms. The number of unbranched alkanes of at least 4 members (excludes halogenated alkanes) is 3. The van der Waals surface area contributed by atoms with Crippen LogP contribution in [0.1, 0.15) is 81.5 Å². The van der Waals surface area contributed by atoms with Gasteiger partial charge in [0.2, 0.25) is 0 Å². The summed E-state index contributed by atoms with van der Waals surface area (Å²) >= 11 is 5.49. The molecule has 0 spiro atoms. The summed E-state index contributed by atoms with van der Waals surface area (Å²) < 4.78 is 13.8. The first-order chi connectivity index (χ1) is 30.1. The first-order valence-corrected chi connectivity index (χ1v) is 20.6. The minimum atomic E-state index is -0.109. The molecule has 0 saturated carbocycles. The Labute approximate surface area is 388 Å². The van der Waals surface area contributed by atoms with E-state index >= 15 is 0 Å². The minimum Gasteiger partial charge on any atom is -0.753 e. The van der Waals surface area contributed by atoms with Crippen LogP contribution in [-0.4, -0.2) is 54.6 Å². The van der Waals surface area contributed by atoms with Gasteiger partial charge >= 0.3 is 19.5 Å². The van der Waals surface area contributed by atoms with E-state index in [2.05, 4.69) is 113 Å². The number of isothiocyanates is 1. The van der Waals surface area contributed by atoms with Gasteiger partial charge in [0, 0.05) is 34.7 Å². The molecular formula is C46H44N8O6RuS2. The van der Waals surface area contributed by atoms with Crippen LogP contribution in [0, 0.1) is 0 Å². The number of carbonyl (C=O) groups excluding carboxylic acids is 3. The molecule has 0 unspecified atom stereocenters. The van der Waals surface area contributed by atoms with Crippen LogP contribution in [0.25, 0.3) is 68.4 Å². The molecule has 0 N–H and O–H groups in total. The zero-order chi connectivity index (χ0) is 44.6. The van der Waals surface area contributed by atoms with Crippen molar-refractivity contribution in [2.75, 3.05) is 0 Å². The maximum Gasteiger partial charge on any atom is 2.00 e. The quantitative estimate of drug-likeness (QED) is 0.0150. The molecule has 0 amide bonds. The van der Waals surface area contributed by atoms with Gasteiger partial charge in [-0.1, -0.05) is 59.2 Å². The third-order valence-corrected chi connectivity index (χ3v) is 9.55. The van der Waals surface area contributed by atoms with Crippen molar-refractivity contribution in [3.8, 4) is 44.7 Å². The van der Waals surface area contributed by atoms with E-state index in [1.54, 1.807) is 78.4 Å².